The van der Waals surface area contributed by atoms with E-state index in [1.807, 2.05) is 6.92 Å². The number of benzene rings is 11. The van der Waals surface area contributed by atoms with Gasteiger partial charge in [0.25, 0.3) is 6.33 Å². The lowest BCUT2D eigenvalue weighted by atomic mass is 9.98. The van der Waals surface area contributed by atoms with Crippen LogP contribution in [0.3, 0.4) is 0 Å². The van der Waals surface area contributed by atoms with Gasteiger partial charge in [-0.15, -0.1) is 0 Å². The molecule has 7 nitrogen and oxygen atoms in total. The van der Waals surface area contributed by atoms with Crippen molar-refractivity contribution >= 4 is 119 Å². The first-order chi connectivity index (χ1) is 51.8. The molecule has 10 heteroatoms. The fraction of sp³-hybridized carbons (Fsp3) is 0.255. The average molecular weight is 1440 g/mol. The molecular formula is C98H104F3N7+6. The third-order valence-electron chi connectivity index (χ3n) is 21.9. The van der Waals surface area contributed by atoms with Crippen molar-refractivity contribution in [2.45, 2.75) is 128 Å². The minimum Gasteiger partial charge on any atom is -0.236 e. The minimum absolute atomic E-state index is 0.0393. The molecular weight excluding hydrogens is 1330 g/mol. The van der Waals surface area contributed by atoms with Gasteiger partial charge in [0.05, 0.1) is 12.4 Å². The summed E-state index contributed by atoms with van der Waals surface area (Å²) in [6.45, 7) is 25.2. The van der Waals surface area contributed by atoms with Crippen LogP contribution in [0.15, 0.2) is 231 Å². The second-order valence-corrected chi connectivity index (χ2v) is 29.3. The summed E-state index contributed by atoms with van der Waals surface area (Å²) < 4.78 is 52.1. The van der Waals surface area contributed by atoms with Crippen molar-refractivity contribution in [2.24, 2.45) is 42.3 Å². The summed E-state index contributed by atoms with van der Waals surface area (Å²) in [5, 5.41) is 27.6. The Morgan fingerprint density at radius 2 is 0.676 bits per heavy atom. The van der Waals surface area contributed by atoms with Crippen LogP contribution in [0.25, 0.3) is 119 Å². The van der Waals surface area contributed by atoms with E-state index in [0.29, 0.717) is 11.8 Å². The minimum atomic E-state index is -4.37. The molecule has 0 spiro atoms. The van der Waals surface area contributed by atoms with Gasteiger partial charge in [-0.3, -0.25) is 0 Å². The number of alkyl halides is 3. The molecule has 0 fully saturated rings. The normalized spacial score (nSPS) is 11.4. The van der Waals surface area contributed by atoms with Crippen molar-refractivity contribution in [1.29, 1.82) is 0 Å². The Morgan fingerprint density at radius 3 is 1.25 bits per heavy atom. The Morgan fingerprint density at radius 1 is 0.278 bits per heavy atom. The van der Waals surface area contributed by atoms with Gasteiger partial charge >= 0.3 is 6.18 Å². The number of nitrogens with zero attached hydrogens (tertiary/aromatic N) is 7. The first-order valence-electron chi connectivity index (χ1n) is 38.2. The van der Waals surface area contributed by atoms with E-state index in [1.54, 1.807) is 17.7 Å². The van der Waals surface area contributed by atoms with Crippen molar-refractivity contribution in [3.05, 3.63) is 305 Å². The Kier molecular flexibility index (Phi) is 23.1. The summed E-state index contributed by atoms with van der Waals surface area (Å²) in [5.41, 5.74) is 14.1. The summed E-state index contributed by atoms with van der Waals surface area (Å²) in [7, 11) is 12.4. The van der Waals surface area contributed by atoms with Crippen LogP contribution in [-0.2, 0) is 87.0 Å². The number of rotatable bonds is 6. The number of aryl methyl sites for hydroxylation is 18. The standard InChI is InChI=1S/5C17H18N.C13H14F3N2/c1-4-17-16-8-6-13-11-12(2)5-7-14(13)15(16)9-10-18(17)3;1-4-17-16-11-13-6-5-12(2)9-15(13)10-14(16)7-8-18(17)3;1-4-17-16-11-15-9-12(2)5-6-13(15)10-14(16)7-8-18(17)3;1-4-15-10-17-14(11-18(15)3)8-7-13-6-5-12(2)9-16(13)17;1-4-17-16-9-8-13-12(2)6-5-7-14(13)15(16)10-11-18(17)3;1-4-10-9-6-5-8(2)11(13(14,15)16)12(9)17-7-18(10)3/h5*5-11H,4H2,1-3H3;5-7H,4H2,1-3H3/q6*+1. The van der Waals surface area contributed by atoms with Gasteiger partial charge in [0.1, 0.15) is 46.5 Å². The molecule has 0 N–H and O–H groups in total. The molecule has 108 heavy (non-hydrogen) atoms. The van der Waals surface area contributed by atoms with Gasteiger partial charge in [0, 0.05) is 112 Å². The van der Waals surface area contributed by atoms with Crippen LogP contribution in [0.2, 0.25) is 0 Å². The van der Waals surface area contributed by atoms with Crippen LogP contribution >= 0.6 is 0 Å². The predicted molar refractivity (Wildman–Crippen MR) is 446 cm³/mol. The van der Waals surface area contributed by atoms with Gasteiger partial charge in [-0.05, 0) is 171 Å². The van der Waals surface area contributed by atoms with Crippen LogP contribution < -0.4 is 27.4 Å². The summed E-state index contributed by atoms with van der Waals surface area (Å²) in [4.78, 5) is 3.96. The van der Waals surface area contributed by atoms with E-state index in [-0.39, 0.29) is 11.1 Å². The Balaban J connectivity index is 0.000000121. The number of pyridine rings is 5. The van der Waals surface area contributed by atoms with E-state index in [1.165, 1.54) is 183 Å². The molecule has 11 aromatic carbocycles. The summed E-state index contributed by atoms with van der Waals surface area (Å²) in [6.07, 6.45) is 13.9. The lowest BCUT2D eigenvalue weighted by molar-refractivity contribution is -0.680. The SMILES string of the molecule is CCc1c2cc3cc(C)ccc3cc2cc[n+]1C.CCc1c2cc3ccc(C)cc3cc2cc[n+]1C.CCc1c2ccc(C)c(C(F)(F)F)c2nc[n+]1C.CCc1c2ccc3c(C)cccc3c2cc[n+]1C.CCc1c2ccc3cc(C)ccc3c2cc[n+]1C.CCc1cc2c(ccc3ccc(C)cc32)c[n+]1C. The quantitative estimate of drug-likeness (QED) is 0.0928. The molecule has 546 valence electrons. The van der Waals surface area contributed by atoms with E-state index < -0.39 is 11.7 Å². The maximum Gasteiger partial charge on any atom is 0.420 e. The second kappa shape index (κ2) is 32.5. The third kappa shape index (κ3) is 15.8. The Bertz CT molecular complexity index is 6240. The van der Waals surface area contributed by atoms with Gasteiger partial charge in [-0.2, -0.15) is 13.2 Å². The van der Waals surface area contributed by atoms with Gasteiger partial charge < -0.3 is 0 Å². The van der Waals surface area contributed by atoms with E-state index in [2.05, 4.69) is 345 Å². The lowest BCUT2D eigenvalue weighted by Gasteiger charge is -2.11. The first-order valence-corrected chi connectivity index (χ1v) is 38.2. The molecule has 17 aromatic rings. The van der Waals surface area contributed by atoms with Crippen LogP contribution in [-0.4, -0.2) is 4.98 Å². The largest absolute Gasteiger partial charge is 0.420 e. The van der Waals surface area contributed by atoms with Gasteiger partial charge in [-0.25, -0.2) is 27.4 Å². The fourth-order valence-corrected chi connectivity index (χ4v) is 16.1. The number of hydrogen-bond acceptors (Lipinski definition) is 1. The lowest BCUT2D eigenvalue weighted by Crippen LogP contribution is -2.34. The number of hydrogen-bond donors (Lipinski definition) is 0. The topological polar surface area (TPSA) is 36.2 Å². The molecule has 0 aliphatic carbocycles. The van der Waals surface area contributed by atoms with Crippen LogP contribution in [0.5, 0.6) is 0 Å². The number of halogens is 3. The molecule has 17 rings (SSSR count). The van der Waals surface area contributed by atoms with Crippen LogP contribution in [0, 0.1) is 41.5 Å². The van der Waals surface area contributed by atoms with Crippen molar-refractivity contribution in [2.75, 3.05) is 0 Å². The Labute approximate surface area is 635 Å². The van der Waals surface area contributed by atoms with Crippen LogP contribution in [0.4, 0.5) is 13.2 Å². The molecule has 0 atom stereocenters. The average Bonchev–Trinajstić information content (AvgIpc) is 0.812. The zero-order chi connectivity index (χ0) is 77.0. The maximum atomic E-state index is 13.1. The maximum absolute atomic E-state index is 13.1. The van der Waals surface area contributed by atoms with E-state index in [9.17, 15) is 13.2 Å². The third-order valence-corrected chi connectivity index (χ3v) is 21.9. The van der Waals surface area contributed by atoms with E-state index in [4.69, 9.17) is 0 Å². The number of fused-ring (bicyclic) bond motifs is 14. The monoisotopic (exact) mass is 1440 g/mol. The molecule has 0 amide bonds. The molecule has 0 aliphatic heterocycles. The zero-order valence-electron chi connectivity index (χ0n) is 66.4. The molecule has 0 aliphatic rings. The van der Waals surface area contributed by atoms with Gasteiger partial charge in [0.15, 0.2) is 65.0 Å². The van der Waals surface area contributed by atoms with Gasteiger partial charge in [-0.1, -0.05) is 179 Å². The van der Waals surface area contributed by atoms with Crippen molar-refractivity contribution in [3.63, 3.8) is 0 Å². The molecule has 0 bridgehead atoms. The number of aromatic nitrogens is 7. The zero-order valence-corrected chi connectivity index (χ0v) is 66.4. The molecule has 0 unspecified atom stereocenters. The summed E-state index contributed by atoms with van der Waals surface area (Å²) in [6, 6.07) is 70.4. The second-order valence-electron chi connectivity index (χ2n) is 29.3. The highest BCUT2D eigenvalue weighted by Gasteiger charge is 2.38. The fourth-order valence-electron chi connectivity index (χ4n) is 16.1. The highest BCUT2D eigenvalue weighted by atomic mass is 19.4. The van der Waals surface area contributed by atoms with E-state index >= 15 is 0 Å². The molecule has 0 radical (unpaired) electrons. The molecule has 0 saturated heterocycles. The summed E-state index contributed by atoms with van der Waals surface area (Å²) >= 11 is 0. The van der Waals surface area contributed by atoms with Crippen molar-refractivity contribution < 1.29 is 40.6 Å². The van der Waals surface area contributed by atoms with Crippen LogP contribution in [0.1, 0.15) is 115 Å². The highest BCUT2D eigenvalue weighted by Crippen LogP contribution is 2.38. The summed E-state index contributed by atoms with van der Waals surface area (Å²) in [5.74, 6) is 0. The first kappa shape index (κ1) is 76.5. The smallest absolute Gasteiger partial charge is 0.236 e. The molecule has 0 saturated carbocycles. The molecule has 6 aromatic heterocycles. The highest BCUT2D eigenvalue weighted by molar-refractivity contribution is 6.10. The van der Waals surface area contributed by atoms with E-state index in [0.717, 1.165) is 37.8 Å². The van der Waals surface area contributed by atoms with Crippen molar-refractivity contribution in [1.82, 2.24) is 4.98 Å². The van der Waals surface area contributed by atoms with Crippen molar-refractivity contribution in [3.8, 4) is 0 Å². The predicted octanol–water partition coefficient (Wildman–Crippen LogP) is 21.4. The Hall–Kier alpha value is -11.1. The van der Waals surface area contributed by atoms with Gasteiger partial charge in [0.2, 0.25) is 0 Å². The molecule has 6 heterocycles.